The molecule has 1 heterocycles. The van der Waals surface area contributed by atoms with Crippen LogP contribution in [0, 0.1) is 0 Å². The molecule has 0 aliphatic rings. The Morgan fingerprint density at radius 1 is 1.12 bits per heavy atom. The predicted octanol–water partition coefficient (Wildman–Crippen LogP) is 4.05. The summed E-state index contributed by atoms with van der Waals surface area (Å²) in [6.45, 7) is 3.47. The molecule has 2 aromatic carbocycles. The highest BCUT2D eigenvalue weighted by Crippen LogP contribution is 2.32. The number of ether oxygens (including phenoxy) is 2. The number of para-hydroxylation sites is 1. The van der Waals surface area contributed by atoms with Gasteiger partial charge < -0.3 is 14.8 Å². The highest BCUT2D eigenvalue weighted by atomic mass is 35.5. The quantitative estimate of drug-likeness (QED) is 0.635. The number of anilines is 1. The summed E-state index contributed by atoms with van der Waals surface area (Å²) >= 11 is 5.93. The van der Waals surface area contributed by atoms with Crippen molar-refractivity contribution >= 4 is 17.5 Å². The summed E-state index contributed by atoms with van der Waals surface area (Å²) in [5.74, 6) is 2.03. The molecule has 25 heavy (non-hydrogen) atoms. The maximum Gasteiger partial charge on any atom is 0.218 e. The number of nitrogens with one attached hydrogen (secondary N) is 2. The van der Waals surface area contributed by atoms with E-state index in [1.807, 2.05) is 49.4 Å². The van der Waals surface area contributed by atoms with Gasteiger partial charge in [0.15, 0.2) is 11.5 Å². The van der Waals surface area contributed by atoms with Gasteiger partial charge >= 0.3 is 0 Å². The molecule has 0 atom stereocenters. The summed E-state index contributed by atoms with van der Waals surface area (Å²) in [5.41, 5.74) is 2.00. The van der Waals surface area contributed by atoms with E-state index < -0.39 is 0 Å². The number of benzene rings is 2. The monoisotopic (exact) mass is 358 g/mol. The third-order valence-corrected chi connectivity index (χ3v) is 3.77. The van der Waals surface area contributed by atoms with E-state index in [0.717, 1.165) is 11.1 Å². The van der Waals surface area contributed by atoms with Crippen molar-refractivity contribution in [3.8, 4) is 11.5 Å². The summed E-state index contributed by atoms with van der Waals surface area (Å²) < 4.78 is 11.8. The molecule has 0 amide bonds. The van der Waals surface area contributed by atoms with Crippen LogP contribution in [0.2, 0.25) is 5.02 Å². The summed E-state index contributed by atoms with van der Waals surface area (Å²) in [6, 6.07) is 13.4. The second-order valence-corrected chi connectivity index (χ2v) is 5.72. The lowest BCUT2D eigenvalue weighted by Gasteiger charge is -2.16. The van der Waals surface area contributed by atoms with Crippen LogP contribution in [0.4, 0.5) is 5.95 Å². The van der Waals surface area contributed by atoms with E-state index in [9.17, 15) is 0 Å². The van der Waals surface area contributed by atoms with E-state index in [1.165, 1.54) is 6.33 Å². The zero-order valence-electron chi connectivity index (χ0n) is 13.8. The van der Waals surface area contributed by atoms with Gasteiger partial charge in [0, 0.05) is 17.1 Å². The molecule has 6 nitrogen and oxygen atoms in total. The molecule has 1 aromatic heterocycles. The number of aromatic nitrogens is 3. The Morgan fingerprint density at radius 3 is 2.68 bits per heavy atom. The van der Waals surface area contributed by atoms with Gasteiger partial charge in [-0.05, 0) is 30.7 Å². The fourth-order valence-electron chi connectivity index (χ4n) is 2.34. The van der Waals surface area contributed by atoms with Crippen molar-refractivity contribution in [1.29, 1.82) is 0 Å². The molecule has 0 spiro atoms. The standard InChI is InChI=1S/C18H19ClN4O2/c1-2-24-16-5-3-4-14(10-20-18-21-12-22-23-18)17(16)25-11-13-6-8-15(19)9-7-13/h3-9,12H,2,10-11H2,1H3,(H2,20,21,22,23). The Labute approximate surface area is 151 Å². The molecule has 0 aliphatic heterocycles. The van der Waals surface area contributed by atoms with Crippen molar-refractivity contribution in [2.24, 2.45) is 0 Å². The topological polar surface area (TPSA) is 72.1 Å². The molecular formula is C18H19ClN4O2. The van der Waals surface area contributed by atoms with Gasteiger partial charge in [-0.2, -0.15) is 5.10 Å². The van der Waals surface area contributed by atoms with E-state index in [1.54, 1.807) is 0 Å². The minimum atomic E-state index is 0.427. The molecule has 0 bridgehead atoms. The first-order valence-electron chi connectivity index (χ1n) is 7.97. The van der Waals surface area contributed by atoms with E-state index in [0.29, 0.717) is 42.2 Å². The van der Waals surface area contributed by atoms with Gasteiger partial charge in [-0.25, -0.2) is 10.1 Å². The first-order valence-corrected chi connectivity index (χ1v) is 8.35. The van der Waals surface area contributed by atoms with Crippen LogP contribution in [0.1, 0.15) is 18.1 Å². The van der Waals surface area contributed by atoms with Crippen molar-refractivity contribution in [3.63, 3.8) is 0 Å². The van der Waals surface area contributed by atoms with Crippen molar-refractivity contribution < 1.29 is 9.47 Å². The van der Waals surface area contributed by atoms with Crippen molar-refractivity contribution in [3.05, 3.63) is 64.9 Å². The first kappa shape index (κ1) is 17.1. The maximum absolute atomic E-state index is 6.06. The first-order chi connectivity index (χ1) is 12.3. The van der Waals surface area contributed by atoms with Gasteiger partial charge in [0.2, 0.25) is 5.95 Å². The summed E-state index contributed by atoms with van der Waals surface area (Å²) in [6.07, 6.45) is 1.46. The van der Waals surface area contributed by atoms with Gasteiger partial charge in [-0.3, -0.25) is 0 Å². The molecule has 0 radical (unpaired) electrons. The lowest BCUT2D eigenvalue weighted by molar-refractivity contribution is 0.267. The van der Waals surface area contributed by atoms with Crippen LogP contribution < -0.4 is 14.8 Å². The van der Waals surface area contributed by atoms with Gasteiger partial charge in [0.1, 0.15) is 12.9 Å². The number of hydrogen-bond donors (Lipinski definition) is 2. The van der Waals surface area contributed by atoms with E-state index >= 15 is 0 Å². The summed E-state index contributed by atoms with van der Waals surface area (Å²) in [7, 11) is 0. The predicted molar refractivity (Wildman–Crippen MR) is 97.1 cm³/mol. The summed E-state index contributed by atoms with van der Waals surface area (Å²) in [5, 5.41) is 10.5. The molecule has 130 valence electrons. The van der Waals surface area contributed by atoms with Crippen LogP contribution in [-0.2, 0) is 13.2 Å². The van der Waals surface area contributed by atoms with E-state index in [-0.39, 0.29) is 0 Å². The fourth-order valence-corrected chi connectivity index (χ4v) is 2.47. The summed E-state index contributed by atoms with van der Waals surface area (Å²) in [4.78, 5) is 4.06. The van der Waals surface area contributed by atoms with Crippen LogP contribution in [0.5, 0.6) is 11.5 Å². The second kappa shape index (κ2) is 8.39. The van der Waals surface area contributed by atoms with Gasteiger partial charge in [0.05, 0.1) is 6.61 Å². The molecule has 0 aliphatic carbocycles. The normalized spacial score (nSPS) is 10.5. The van der Waals surface area contributed by atoms with Crippen molar-refractivity contribution in [2.75, 3.05) is 11.9 Å². The Balaban J connectivity index is 1.76. The van der Waals surface area contributed by atoms with E-state index in [4.69, 9.17) is 21.1 Å². The van der Waals surface area contributed by atoms with Gasteiger partial charge in [0.25, 0.3) is 0 Å². The molecular weight excluding hydrogens is 340 g/mol. The molecule has 3 aromatic rings. The molecule has 2 N–H and O–H groups in total. The average Bonchev–Trinajstić information content (AvgIpc) is 3.14. The molecule has 0 fully saturated rings. The second-order valence-electron chi connectivity index (χ2n) is 5.28. The minimum absolute atomic E-state index is 0.427. The van der Waals surface area contributed by atoms with E-state index in [2.05, 4.69) is 20.5 Å². The zero-order valence-corrected chi connectivity index (χ0v) is 14.6. The van der Waals surface area contributed by atoms with Crippen LogP contribution in [-0.4, -0.2) is 21.8 Å². The Morgan fingerprint density at radius 2 is 1.96 bits per heavy atom. The number of halogens is 1. The van der Waals surface area contributed by atoms with Gasteiger partial charge in [-0.15, -0.1) is 0 Å². The number of rotatable bonds is 8. The number of H-pyrrole nitrogens is 1. The van der Waals surface area contributed by atoms with Crippen LogP contribution in [0.3, 0.4) is 0 Å². The SMILES string of the molecule is CCOc1cccc(CNc2ncn[nH]2)c1OCc1ccc(Cl)cc1. The zero-order chi connectivity index (χ0) is 17.5. The molecule has 0 unspecified atom stereocenters. The smallest absolute Gasteiger partial charge is 0.218 e. The number of aromatic amines is 1. The number of hydrogen-bond acceptors (Lipinski definition) is 5. The fraction of sp³-hybridized carbons (Fsp3) is 0.222. The Hall–Kier alpha value is -2.73. The lowest BCUT2D eigenvalue weighted by Crippen LogP contribution is -2.06. The van der Waals surface area contributed by atoms with Crippen LogP contribution in [0.25, 0.3) is 0 Å². The molecule has 7 heteroatoms. The highest BCUT2D eigenvalue weighted by molar-refractivity contribution is 6.30. The largest absolute Gasteiger partial charge is 0.490 e. The average molecular weight is 359 g/mol. The van der Waals surface area contributed by atoms with Crippen LogP contribution in [0.15, 0.2) is 48.8 Å². The molecule has 0 saturated carbocycles. The maximum atomic E-state index is 6.06. The van der Waals surface area contributed by atoms with Crippen LogP contribution >= 0.6 is 11.6 Å². The minimum Gasteiger partial charge on any atom is -0.490 e. The van der Waals surface area contributed by atoms with Crippen molar-refractivity contribution in [1.82, 2.24) is 15.2 Å². The third kappa shape index (κ3) is 4.64. The number of nitrogens with zero attached hydrogens (tertiary/aromatic N) is 2. The molecule has 3 rings (SSSR count). The lowest BCUT2D eigenvalue weighted by atomic mass is 10.1. The Bertz CT molecular complexity index is 791. The highest BCUT2D eigenvalue weighted by Gasteiger charge is 2.12. The Kier molecular flexibility index (Phi) is 5.74. The van der Waals surface area contributed by atoms with Gasteiger partial charge in [-0.1, -0.05) is 35.9 Å². The van der Waals surface area contributed by atoms with Crippen molar-refractivity contribution in [2.45, 2.75) is 20.1 Å². The molecule has 0 saturated heterocycles. The third-order valence-electron chi connectivity index (χ3n) is 3.52.